The van der Waals surface area contributed by atoms with Crippen molar-refractivity contribution in [3.05, 3.63) is 18.0 Å². The lowest BCUT2D eigenvalue weighted by Crippen LogP contribution is -2.72. The van der Waals surface area contributed by atoms with Crippen LogP contribution in [0.5, 0.6) is 0 Å². The summed E-state index contributed by atoms with van der Waals surface area (Å²) in [6.07, 6.45) is 3.64. The average molecular weight is 237 g/mol. The molecule has 0 spiro atoms. The molecule has 0 aromatic carbocycles. The van der Waals surface area contributed by atoms with E-state index >= 15 is 0 Å². The van der Waals surface area contributed by atoms with Crippen molar-refractivity contribution >= 4 is 5.91 Å². The number of carbonyl (C=O) groups excluding carboxylic acids is 1. The van der Waals surface area contributed by atoms with Crippen LogP contribution in [-0.2, 0) is 4.74 Å². The Morgan fingerprint density at radius 2 is 2.47 bits per heavy atom. The number of carbonyl (C=O) groups is 1. The van der Waals surface area contributed by atoms with Crippen LogP contribution in [0.15, 0.2) is 16.8 Å². The SMILES string of the molecule is NC1C2CCCOC2C1NC(=O)c1ccno1. The van der Waals surface area contributed by atoms with Crippen molar-refractivity contribution in [3.63, 3.8) is 0 Å². The van der Waals surface area contributed by atoms with E-state index in [9.17, 15) is 4.79 Å². The second-order valence-electron chi connectivity index (χ2n) is 4.59. The minimum absolute atomic E-state index is 0.0211. The first-order chi connectivity index (χ1) is 8.27. The van der Waals surface area contributed by atoms with Gasteiger partial charge in [0.15, 0.2) is 0 Å². The number of aromatic nitrogens is 1. The van der Waals surface area contributed by atoms with Crippen LogP contribution in [0, 0.1) is 5.92 Å². The predicted molar refractivity (Wildman–Crippen MR) is 58.2 cm³/mol. The third-order valence-corrected chi connectivity index (χ3v) is 3.64. The third-order valence-electron chi connectivity index (χ3n) is 3.64. The highest BCUT2D eigenvalue weighted by Gasteiger charge is 2.51. The molecule has 4 atom stereocenters. The zero-order chi connectivity index (χ0) is 11.8. The summed E-state index contributed by atoms with van der Waals surface area (Å²) >= 11 is 0. The molecule has 1 aliphatic carbocycles. The summed E-state index contributed by atoms with van der Waals surface area (Å²) in [5.74, 6) is 0.302. The van der Waals surface area contributed by atoms with Crippen molar-refractivity contribution in [1.29, 1.82) is 0 Å². The Labute approximate surface area is 98.5 Å². The molecule has 1 amide bonds. The minimum Gasteiger partial charge on any atom is -0.376 e. The topological polar surface area (TPSA) is 90.4 Å². The molecule has 2 fully saturated rings. The molecule has 17 heavy (non-hydrogen) atoms. The van der Waals surface area contributed by atoms with E-state index < -0.39 is 0 Å². The van der Waals surface area contributed by atoms with Crippen molar-refractivity contribution in [3.8, 4) is 0 Å². The lowest BCUT2D eigenvalue weighted by Gasteiger charge is -2.52. The first-order valence-corrected chi connectivity index (χ1v) is 5.86. The minimum atomic E-state index is -0.282. The molecule has 2 heterocycles. The van der Waals surface area contributed by atoms with Gasteiger partial charge in [0.05, 0.1) is 18.3 Å². The summed E-state index contributed by atoms with van der Waals surface area (Å²) < 4.78 is 10.4. The van der Waals surface area contributed by atoms with Crippen LogP contribution in [0.3, 0.4) is 0 Å². The van der Waals surface area contributed by atoms with Gasteiger partial charge in [-0.15, -0.1) is 0 Å². The Hall–Kier alpha value is -1.40. The Kier molecular flexibility index (Phi) is 2.60. The van der Waals surface area contributed by atoms with E-state index in [2.05, 4.69) is 10.5 Å². The highest BCUT2D eigenvalue weighted by molar-refractivity contribution is 5.91. The van der Waals surface area contributed by atoms with Gasteiger partial charge in [-0.2, -0.15) is 0 Å². The molecule has 1 aromatic heterocycles. The standard InChI is InChI=1S/C11H15N3O3/c12-8-6-2-1-5-16-10(6)9(8)14-11(15)7-3-4-13-17-7/h3-4,6,8-10H,1-2,5,12H2,(H,14,15). The number of hydrogen-bond donors (Lipinski definition) is 2. The van der Waals surface area contributed by atoms with Crippen molar-refractivity contribution in [2.45, 2.75) is 31.0 Å². The fourth-order valence-corrected chi connectivity index (χ4v) is 2.68. The van der Waals surface area contributed by atoms with E-state index in [0.717, 1.165) is 19.4 Å². The Balaban J connectivity index is 1.64. The van der Waals surface area contributed by atoms with E-state index in [1.807, 2.05) is 0 Å². The van der Waals surface area contributed by atoms with Gasteiger partial charge in [-0.1, -0.05) is 5.16 Å². The molecule has 4 unspecified atom stereocenters. The number of hydrogen-bond acceptors (Lipinski definition) is 5. The van der Waals surface area contributed by atoms with Gasteiger partial charge < -0.3 is 20.3 Å². The quantitative estimate of drug-likeness (QED) is 0.750. The number of fused-ring (bicyclic) bond motifs is 1. The summed E-state index contributed by atoms with van der Waals surface area (Å²) in [5, 5.41) is 6.34. The van der Waals surface area contributed by atoms with E-state index in [-0.39, 0.29) is 29.9 Å². The van der Waals surface area contributed by atoms with Crippen LogP contribution in [0.25, 0.3) is 0 Å². The molecule has 1 aliphatic heterocycles. The number of nitrogens with one attached hydrogen (secondary N) is 1. The fourth-order valence-electron chi connectivity index (χ4n) is 2.68. The van der Waals surface area contributed by atoms with E-state index in [1.54, 1.807) is 0 Å². The molecular weight excluding hydrogens is 222 g/mol. The summed E-state index contributed by atoms with van der Waals surface area (Å²) in [7, 11) is 0. The lowest BCUT2D eigenvalue weighted by molar-refractivity contribution is -0.117. The van der Waals surface area contributed by atoms with E-state index in [1.165, 1.54) is 12.3 Å². The third kappa shape index (κ3) is 1.73. The van der Waals surface area contributed by atoms with Gasteiger partial charge >= 0.3 is 0 Å². The Morgan fingerprint density at radius 3 is 3.24 bits per heavy atom. The monoisotopic (exact) mass is 237 g/mol. The zero-order valence-electron chi connectivity index (χ0n) is 9.33. The second kappa shape index (κ2) is 4.12. The maximum absolute atomic E-state index is 11.8. The lowest BCUT2D eigenvalue weighted by atomic mass is 9.68. The first-order valence-electron chi connectivity index (χ1n) is 5.86. The molecule has 2 aliphatic rings. The fraction of sp³-hybridized carbons (Fsp3) is 0.636. The highest BCUT2D eigenvalue weighted by Crippen LogP contribution is 2.37. The van der Waals surface area contributed by atoms with Gasteiger partial charge in [0.1, 0.15) is 0 Å². The van der Waals surface area contributed by atoms with Gasteiger partial charge in [-0.25, -0.2) is 0 Å². The Morgan fingerprint density at radius 1 is 1.59 bits per heavy atom. The molecular formula is C11H15N3O3. The molecule has 6 heteroatoms. The number of ether oxygens (including phenoxy) is 1. The van der Waals surface area contributed by atoms with Gasteiger partial charge in [-0.05, 0) is 12.8 Å². The average Bonchev–Trinajstić information content (AvgIpc) is 2.89. The molecule has 6 nitrogen and oxygen atoms in total. The molecule has 92 valence electrons. The molecule has 0 bridgehead atoms. The van der Waals surface area contributed by atoms with E-state index in [0.29, 0.717) is 5.92 Å². The van der Waals surface area contributed by atoms with Crippen LogP contribution >= 0.6 is 0 Å². The summed E-state index contributed by atoms with van der Waals surface area (Å²) in [4.78, 5) is 11.8. The summed E-state index contributed by atoms with van der Waals surface area (Å²) in [6, 6.07) is 1.39. The smallest absolute Gasteiger partial charge is 0.290 e. The van der Waals surface area contributed by atoms with Crippen molar-refractivity contribution in [2.24, 2.45) is 11.7 Å². The van der Waals surface area contributed by atoms with Crippen molar-refractivity contribution < 1.29 is 14.1 Å². The highest BCUT2D eigenvalue weighted by atomic mass is 16.5. The number of nitrogens with zero attached hydrogens (tertiary/aromatic N) is 1. The summed E-state index contributed by atoms with van der Waals surface area (Å²) in [6.45, 7) is 0.753. The molecule has 1 saturated heterocycles. The number of rotatable bonds is 2. The molecule has 3 N–H and O–H groups in total. The van der Waals surface area contributed by atoms with Crippen LogP contribution < -0.4 is 11.1 Å². The maximum Gasteiger partial charge on any atom is 0.290 e. The van der Waals surface area contributed by atoms with Gasteiger partial charge in [0.2, 0.25) is 5.76 Å². The molecule has 0 radical (unpaired) electrons. The summed E-state index contributed by atoms with van der Waals surface area (Å²) in [5.41, 5.74) is 6.04. The number of nitrogens with two attached hydrogens (primary N) is 1. The maximum atomic E-state index is 11.8. The normalized spacial score (nSPS) is 35.8. The van der Waals surface area contributed by atoms with Crippen LogP contribution in [-0.4, -0.2) is 35.9 Å². The van der Waals surface area contributed by atoms with Gasteiger partial charge in [-0.3, -0.25) is 4.79 Å². The largest absolute Gasteiger partial charge is 0.376 e. The van der Waals surface area contributed by atoms with Crippen molar-refractivity contribution in [2.75, 3.05) is 6.61 Å². The molecule has 3 rings (SSSR count). The van der Waals surface area contributed by atoms with E-state index in [4.69, 9.17) is 15.0 Å². The van der Waals surface area contributed by atoms with Gasteiger partial charge in [0.25, 0.3) is 5.91 Å². The molecule has 1 aromatic rings. The molecule has 1 saturated carbocycles. The van der Waals surface area contributed by atoms with Crippen molar-refractivity contribution in [1.82, 2.24) is 10.5 Å². The Bertz CT molecular complexity index is 406. The van der Waals surface area contributed by atoms with Crippen LogP contribution in [0.2, 0.25) is 0 Å². The second-order valence-corrected chi connectivity index (χ2v) is 4.59. The first kappa shape index (κ1) is 10.7. The van der Waals surface area contributed by atoms with Crippen LogP contribution in [0.4, 0.5) is 0 Å². The van der Waals surface area contributed by atoms with Crippen LogP contribution in [0.1, 0.15) is 23.4 Å². The van der Waals surface area contributed by atoms with Gasteiger partial charge in [0, 0.05) is 24.6 Å². The predicted octanol–water partition coefficient (Wildman–Crippen LogP) is -0.0909. The zero-order valence-corrected chi connectivity index (χ0v) is 9.33. The number of amides is 1.